The Hall–Kier alpha value is -2.41. The maximum Gasteiger partial charge on any atom is 0.251 e. The van der Waals surface area contributed by atoms with E-state index in [1.54, 1.807) is 12.1 Å². The van der Waals surface area contributed by atoms with Crippen LogP contribution < -0.4 is 16.4 Å². The van der Waals surface area contributed by atoms with Crippen LogP contribution in [0.1, 0.15) is 39.2 Å². The summed E-state index contributed by atoms with van der Waals surface area (Å²) in [6.45, 7) is 0.380. The molecule has 1 heterocycles. The van der Waals surface area contributed by atoms with Gasteiger partial charge in [-0.1, -0.05) is 12.1 Å². The Balaban J connectivity index is 1.59. The molecule has 0 fully saturated rings. The van der Waals surface area contributed by atoms with Crippen molar-refractivity contribution in [3.8, 4) is 0 Å². The fourth-order valence-corrected chi connectivity index (χ4v) is 4.27. The lowest BCUT2D eigenvalue weighted by Gasteiger charge is -2.11. The molecule has 0 saturated heterocycles. The number of primary amides is 1. The van der Waals surface area contributed by atoms with Gasteiger partial charge in [-0.25, -0.2) is 4.39 Å². The molecule has 1 aliphatic rings. The van der Waals surface area contributed by atoms with Gasteiger partial charge in [-0.05, 0) is 48.9 Å². The first kappa shape index (κ1) is 17.4. The summed E-state index contributed by atoms with van der Waals surface area (Å²) in [5.74, 6) is -0.961. The topological polar surface area (TPSA) is 84.2 Å². The van der Waals surface area contributed by atoms with E-state index in [9.17, 15) is 14.0 Å². The molecule has 0 unspecified atom stereocenters. The van der Waals surface area contributed by atoms with E-state index >= 15 is 0 Å². The van der Waals surface area contributed by atoms with Crippen molar-refractivity contribution < 1.29 is 14.0 Å². The maximum absolute atomic E-state index is 12.9. The molecule has 132 valence electrons. The monoisotopic (exact) mass is 361 g/mol. The number of amides is 2. The Bertz CT molecular complexity index is 786. The summed E-state index contributed by atoms with van der Waals surface area (Å²) in [5, 5.41) is 6.48. The molecule has 0 spiro atoms. The largest absolute Gasteiger partial charge is 0.367 e. The second-order valence-corrected chi connectivity index (χ2v) is 7.14. The van der Waals surface area contributed by atoms with Crippen LogP contribution in [0.3, 0.4) is 0 Å². The van der Waals surface area contributed by atoms with E-state index in [0.29, 0.717) is 17.1 Å². The highest BCUT2D eigenvalue weighted by molar-refractivity contribution is 7.16. The number of benzene rings is 1. The fraction of sp³-hybridized carbons (Fsp3) is 0.333. The number of fused-ring (bicyclic) bond motifs is 1. The van der Waals surface area contributed by atoms with E-state index < -0.39 is 5.91 Å². The number of aryl methyl sites for hydroxylation is 1. The van der Waals surface area contributed by atoms with Crippen LogP contribution in [0.4, 0.5) is 9.39 Å². The molecule has 0 aliphatic heterocycles. The SMILES string of the molecule is NC(=O)c1c(NCC(=O)NCc2ccc(F)cc2)sc2c1CCCC2. The minimum absolute atomic E-state index is 0.0564. The summed E-state index contributed by atoms with van der Waals surface area (Å²) in [4.78, 5) is 25.0. The number of thiophene rings is 1. The summed E-state index contributed by atoms with van der Waals surface area (Å²) in [6.07, 6.45) is 3.99. The lowest BCUT2D eigenvalue weighted by Crippen LogP contribution is -2.29. The van der Waals surface area contributed by atoms with E-state index in [2.05, 4.69) is 10.6 Å². The highest BCUT2D eigenvalue weighted by Crippen LogP contribution is 2.37. The summed E-state index contributed by atoms with van der Waals surface area (Å²) >= 11 is 1.51. The van der Waals surface area contributed by atoms with Gasteiger partial charge in [0.15, 0.2) is 0 Å². The standard InChI is InChI=1S/C18H20FN3O2S/c19-12-7-5-11(6-8-12)9-21-15(23)10-22-18-16(17(20)24)13-3-1-2-4-14(13)25-18/h5-8,22H,1-4,9-10H2,(H2,20,24)(H,21,23). The Labute approximate surface area is 149 Å². The molecule has 5 nitrogen and oxygen atoms in total. The number of carbonyl (C=O) groups excluding carboxylic acids is 2. The second-order valence-electron chi connectivity index (χ2n) is 6.04. The van der Waals surface area contributed by atoms with Crippen molar-refractivity contribution in [2.24, 2.45) is 5.73 Å². The van der Waals surface area contributed by atoms with Crippen LogP contribution in [0.2, 0.25) is 0 Å². The van der Waals surface area contributed by atoms with Crippen LogP contribution in [0.25, 0.3) is 0 Å². The predicted octanol–water partition coefficient (Wildman–Crippen LogP) is 2.59. The number of halogens is 1. The van der Waals surface area contributed by atoms with Crippen LogP contribution >= 0.6 is 11.3 Å². The van der Waals surface area contributed by atoms with Crippen molar-refractivity contribution in [1.82, 2.24) is 5.32 Å². The lowest BCUT2D eigenvalue weighted by atomic mass is 9.95. The molecule has 0 bridgehead atoms. The Morgan fingerprint density at radius 3 is 2.60 bits per heavy atom. The molecule has 2 aromatic rings. The van der Waals surface area contributed by atoms with Gasteiger partial charge in [-0.2, -0.15) is 0 Å². The zero-order valence-electron chi connectivity index (χ0n) is 13.7. The molecule has 0 radical (unpaired) electrons. The Kier molecular flexibility index (Phi) is 5.33. The van der Waals surface area contributed by atoms with Gasteiger partial charge >= 0.3 is 0 Å². The van der Waals surface area contributed by atoms with E-state index in [1.807, 2.05) is 0 Å². The number of nitrogens with one attached hydrogen (secondary N) is 2. The first-order chi connectivity index (χ1) is 12.0. The molecule has 25 heavy (non-hydrogen) atoms. The highest BCUT2D eigenvalue weighted by Gasteiger charge is 2.24. The van der Waals surface area contributed by atoms with E-state index in [0.717, 1.165) is 36.8 Å². The van der Waals surface area contributed by atoms with Crippen molar-refractivity contribution in [1.29, 1.82) is 0 Å². The van der Waals surface area contributed by atoms with Gasteiger partial charge in [0.05, 0.1) is 12.1 Å². The quantitative estimate of drug-likeness (QED) is 0.739. The Morgan fingerprint density at radius 1 is 1.16 bits per heavy atom. The van der Waals surface area contributed by atoms with Gasteiger partial charge in [-0.15, -0.1) is 11.3 Å². The third-order valence-corrected chi connectivity index (χ3v) is 5.48. The third kappa shape index (κ3) is 4.17. The summed E-state index contributed by atoms with van der Waals surface area (Å²) in [5.41, 5.74) is 7.92. The molecular formula is C18H20FN3O2S. The molecule has 0 atom stereocenters. The maximum atomic E-state index is 12.9. The van der Waals surface area contributed by atoms with Gasteiger partial charge in [0, 0.05) is 11.4 Å². The zero-order chi connectivity index (χ0) is 17.8. The number of nitrogens with two attached hydrogens (primary N) is 1. The van der Waals surface area contributed by atoms with Crippen molar-refractivity contribution >= 4 is 28.2 Å². The summed E-state index contributed by atoms with van der Waals surface area (Å²) in [6, 6.07) is 5.97. The number of carbonyl (C=O) groups is 2. The van der Waals surface area contributed by atoms with E-state index in [1.165, 1.54) is 28.3 Å². The molecule has 3 rings (SSSR count). The first-order valence-electron chi connectivity index (χ1n) is 8.24. The number of hydrogen-bond donors (Lipinski definition) is 3. The molecule has 0 saturated carbocycles. The number of anilines is 1. The average Bonchev–Trinajstić information content (AvgIpc) is 2.98. The van der Waals surface area contributed by atoms with Gasteiger partial charge < -0.3 is 16.4 Å². The van der Waals surface area contributed by atoms with Crippen molar-refractivity contribution in [2.75, 3.05) is 11.9 Å². The minimum Gasteiger partial charge on any atom is -0.367 e. The van der Waals surface area contributed by atoms with Crippen LogP contribution in [0, 0.1) is 5.82 Å². The van der Waals surface area contributed by atoms with Crippen LogP contribution in [-0.4, -0.2) is 18.4 Å². The van der Waals surface area contributed by atoms with Crippen molar-refractivity contribution in [3.63, 3.8) is 0 Å². The van der Waals surface area contributed by atoms with Crippen LogP contribution in [0.15, 0.2) is 24.3 Å². The molecule has 4 N–H and O–H groups in total. The minimum atomic E-state index is -0.450. The predicted molar refractivity (Wildman–Crippen MR) is 96.2 cm³/mol. The van der Waals surface area contributed by atoms with Gasteiger partial charge in [0.25, 0.3) is 5.91 Å². The van der Waals surface area contributed by atoms with Crippen molar-refractivity contribution in [2.45, 2.75) is 32.2 Å². The normalized spacial score (nSPS) is 13.2. The lowest BCUT2D eigenvalue weighted by molar-refractivity contribution is -0.119. The van der Waals surface area contributed by atoms with Gasteiger partial charge in [-0.3, -0.25) is 9.59 Å². The molecule has 1 aromatic heterocycles. The smallest absolute Gasteiger partial charge is 0.251 e. The second kappa shape index (κ2) is 7.65. The van der Waals surface area contributed by atoms with Crippen LogP contribution in [0.5, 0.6) is 0 Å². The highest BCUT2D eigenvalue weighted by atomic mass is 32.1. The summed E-state index contributed by atoms with van der Waals surface area (Å²) < 4.78 is 12.9. The van der Waals surface area contributed by atoms with Gasteiger partial charge in [0.2, 0.25) is 5.91 Å². The van der Waals surface area contributed by atoms with Gasteiger partial charge in [0.1, 0.15) is 10.8 Å². The average molecular weight is 361 g/mol. The first-order valence-corrected chi connectivity index (χ1v) is 9.05. The van der Waals surface area contributed by atoms with Crippen molar-refractivity contribution in [3.05, 3.63) is 51.7 Å². The van der Waals surface area contributed by atoms with E-state index in [4.69, 9.17) is 5.73 Å². The van der Waals surface area contributed by atoms with E-state index in [-0.39, 0.29) is 18.3 Å². The molecule has 2 amide bonds. The third-order valence-electron chi connectivity index (χ3n) is 4.23. The molecule has 1 aliphatic carbocycles. The number of rotatable bonds is 6. The number of hydrogen-bond acceptors (Lipinski definition) is 4. The van der Waals surface area contributed by atoms with Crippen LogP contribution in [-0.2, 0) is 24.2 Å². The zero-order valence-corrected chi connectivity index (χ0v) is 14.5. The molecule has 1 aromatic carbocycles. The fourth-order valence-electron chi connectivity index (χ4n) is 2.98. The molecular weight excluding hydrogens is 341 g/mol. The Morgan fingerprint density at radius 2 is 1.88 bits per heavy atom. The summed E-state index contributed by atoms with van der Waals surface area (Å²) in [7, 11) is 0. The molecule has 7 heteroatoms.